The third-order valence-electron chi connectivity index (χ3n) is 2.99. The number of thiophene rings is 1. The predicted molar refractivity (Wildman–Crippen MR) is 90.3 cm³/mol. The standard InChI is InChI=1S/C14H15Cl2NO3S2/c1-20-6-5-17(9-11-4-7-21-10-11)22(18,19)14-8-12(15)2-3-13(14)16/h2-4,7-8,10H,5-6,9H2,1H3. The van der Waals surface area contributed by atoms with E-state index in [0.29, 0.717) is 11.6 Å². The van der Waals surface area contributed by atoms with Gasteiger partial charge in [0.1, 0.15) is 4.90 Å². The normalized spacial score (nSPS) is 12.0. The summed E-state index contributed by atoms with van der Waals surface area (Å²) in [4.78, 5) is 0.00741. The highest BCUT2D eigenvalue weighted by molar-refractivity contribution is 7.89. The van der Waals surface area contributed by atoms with Crippen LogP contribution in [-0.2, 0) is 21.3 Å². The van der Waals surface area contributed by atoms with Gasteiger partial charge in [-0.2, -0.15) is 15.6 Å². The van der Waals surface area contributed by atoms with Gasteiger partial charge >= 0.3 is 0 Å². The average Bonchev–Trinajstić information content (AvgIpc) is 2.98. The Morgan fingerprint density at radius 1 is 1.27 bits per heavy atom. The van der Waals surface area contributed by atoms with E-state index in [9.17, 15) is 8.42 Å². The van der Waals surface area contributed by atoms with Crippen molar-refractivity contribution in [2.24, 2.45) is 0 Å². The molecule has 8 heteroatoms. The number of hydrogen-bond donors (Lipinski definition) is 0. The summed E-state index contributed by atoms with van der Waals surface area (Å²) in [6.45, 7) is 0.789. The first-order valence-corrected chi connectivity index (χ1v) is 9.54. The molecule has 0 atom stereocenters. The van der Waals surface area contributed by atoms with Gasteiger partial charge < -0.3 is 4.74 Å². The van der Waals surface area contributed by atoms with E-state index < -0.39 is 10.0 Å². The Kier molecular flexibility index (Phi) is 6.26. The van der Waals surface area contributed by atoms with Crippen molar-refractivity contribution in [3.63, 3.8) is 0 Å². The second-order valence-corrected chi connectivity index (χ2v) is 8.07. The van der Waals surface area contributed by atoms with Crippen LogP contribution in [0.4, 0.5) is 0 Å². The minimum atomic E-state index is -3.76. The zero-order chi connectivity index (χ0) is 16.2. The van der Waals surface area contributed by atoms with E-state index >= 15 is 0 Å². The molecule has 0 bridgehead atoms. The molecule has 0 aliphatic rings. The molecule has 0 unspecified atom stereocenters. The molecule has 1 aromatic heterocycles. The van der Waals surface area contributed by atoms with E-state index in [1.807, 2.05) is 16.8 Å². The van der Waals surface area contributed by atoms with Gasteiger partial charge in [-0.25, -0.2) is 8.42 Å². The Labute approximate surface area is 144 Å². The number of methoxy groups -OCH3 is 1. The quantitative estimate of drug-likeness (QED) is 0.732. The number of benzene rings is 1. The summed E-state index contributed by atoms with van der Waals surface area (Å²) in [7, 11) is -2.23. The first-order chi connectivity index (χ1) is 10.4. The molecule has 0 saturated heterocycles. The lowest BCUT2D eigenvalue weighted by atomic mass is 10.3. The van der Waals surface area contributed by atoms with Gasteiger partial charge in [0, 0.05) is 25.2 Å². The van der Waals surface area contributed by atoms with Crippen molar-refractivity contribution in [3.8, 4) is 0 Å². The van der Waals surface area contributed by atoms with Crippen molar-refractivity contribution in [2.75, 3.05) is 20.3 Å². The molecule has 0 aliphatic carbocycles. The minimum Gasteiger partial charge on any atom is -0.383 e. The summed E-state index contributed by atoms with van der Waals surface area (Å²) in [6.07, 6.45) is 0. The van der Waals surface area contributed by atoms with Crippen LogP contribution in [0.25, 0.3) is 0 Å². The second-order valence-electron chi connectivity index (χ2n) is 4.54. The van der Waals surface area contributed by atoms with Gasteiger partial charge in [0.25, 0.3) is 0 Å². The number of sulfonamides is 1. The maximum absolute atomic E-state index is 12.9. The summed E-state index contributed by atoms with van der Waals surface area (Å²) >= 11 is 13.5. The molecule has 1 aromatic carbocycles. The smallest absolute Gasteiger partial charge is 0.244 e. The van der Waals surface area contributed by atoms with Gasteiger partial charge in [-0.1, -0.05) is 23.2 Å². The van der Waals surface area contributed by atoms with E-state index in [0.717, 1.165) is 5.56 Å². The third-order valence-corrected chi connectivity index (χ3v) is 6.29. The van der Waals surface area contributed by atoms with Gasteiger partial charge in [-0.3, -0.25) is 0 Å². The molecule has 0 saturated carbocycles. The van der Waals surface area contributed by atoms with Crippen LogP contribution in [0.1, 0.15) is 5.56 Å². The van der Waals surface area contributed by atoms with Crippen molar-refractivity contribution in [1.29, 1.82) is 0 Å². The van der Waals surface area contributed by atoms with E-state index in [1.165, 1.54) is 34.9 Å². The van der Waals surface area contributed by atoms with Crippen molar-refractivity contribution in [1.82, 2.24) is 4.31 Å². The zero-order valence-corrected chi connectivity index (χ0v) is 15.0. The summed E-state index contributed by atoms with van der Waals surface area (Å²) in [6, 6.07) is 6.29. The molecule has 2 rings (SSSR count). The van der Waals surface area contributed by atoms with E-state index in [-0.39, 0.29) is 23.0 Å². The summed E-state index contributed by atoms with van der Waals surface area (Å²) in [5.41, 5.74) is 0.919. The molecule has 4 nitrogen and oxygen atoms in total. The van der Waals surface area contributed by atoms with Crippen molar-refractivity contribution >= 4 is 44.6 Å². The monoisotopic (exact) mass is 379 g/mol. The largest absolute Gasteiger partial charge is 0.383 e. The topological polar surface area (TPSA) is 46.6 Å². The SMILES string of the molecule is COCCN(Cc1ccsc1)S(=O)(=O)c1cc(Cl)ccc1Cl. The van der Waals surface area contributed by atoms with Gasteiger partial charge in [-0.15, -0.1) is 0 Å². The van der Waals surface area contributed by atoms with Gasteiger partial charge in [0.2, 0.25) is 10.0 Å². The van der Waals surface area contributed by atoms with Crippen LogP contribution in [0.15, 0.2) is 39.9 Å². The maximum Gasteiger partial charge on any atom is 0.244 e. The van der Waals surface area contributed by atoms with Gasteiger partial charge in [0.05, 0.1) is 11.6 Å². The second kappa shape index (κ2) is 7.77. The lowest BCUT2D eigenvalue weighted by Gasteiger charge is -2.22. The molecule has 0 amide bonds. The van der Waals surface area contributed by atoms with E-state index in [2.05, 4.69) is 0 Å². The van der Waals surface area contributed by atoms with E-state index in [1.54, 1.807) is 6.07 Å². The highest BCUT2D eigenvalue weighted by atomic mass is 35.5. The molecule has 2 aromatic rings. The lowest BCUT2D eigenvalue weighted by Crippen LogP contribution is -2.33. The fraction of sp³-hybridized carbons (Fsp3) is 0.286. The number of rotatable bonds is 7. The fourth-order valence-electron chi connectivity index (χ4n) is 1.88. The minimum absolute atomic E-state index is 0.00741. The van der Waals surface area contributed by atoms with Gasteiger partial charge in [0.15, 0.2) is 0 Å². The van der Waals surface area contributed by atoms with Crippen LogP contribution in [0, 0.1) is 0 Å². The third kappa shape index (κ3) is 4.22. The number of halogens is 2. The number of ether oxygens (including phenoxy) is 1. The number of nitrogens with zero attached hydrogens (tertiary/aromatic N) is 1. The van der Waals surface area contributed by atoms with Crippen molar-refractivity contribution in [3.05, 3.63) is 50.6 Å². The van der Waals surface area contributed by atoms with Gasteiger partial charge in [-0.05, 0) is 40.6 Å². The molecule has 1 heterocycles. The molecular formula is C14H15Cl2NO3S2. The van der Waals surface area contributed by atoms with E-state index in [4.69, 9.17) is 27.9 Å². The molecular weight excluding hydrogens is 365 g/mol. The Hall–Kier alpha value is -0.630. The zero-order valence-electron chi connectivity index (χ0n) is 11.8. The Morgan fingerprint density at radius 3 is 2.68 bits per heavy atom. The van der Waals surface area contributed by atoms with Crippen LogP contribution < -0.4 is 0 Å². The summed E-state index contributed by atoms with van der Waals surface area (Å²) in [5.74, 6) is 0. The molecule has 0 N–H and O–H groups in total. The lowest BCUT2D eigenvalue weighted by molar-refractivity contribution is 0.177. The van der Waals surface area contributed by atoms with Crippen molar-refractivity contribution in [2.45, 2.75) is 11.4 Å². The first-order valence-electron chi connectivity index (χ1n) is 6.40. The highest BCUT2D eigenvalue weighted by Crippen LogP contribution is 2.28. The number of hydrogen-bond acceptors (Lipinski definition) is 4. The average molecular weight is 380 g/mol. The maximum atomic E-state index is 12.9. The molecule has 120 valence electrons. The molecule has 0 radical (unpaired) electrons. The summed E-state index contributed by atoms with van der Waals surface area (Å²) < 4.78 is 32.1. The molecule has 0 fully saturated rings. The van der Waals surface area contributed by atoms with Crippen LogP contribution in [-0.4, -0.2) is 33.0 Å². The predicted octanol–water partition coefficient (Wildman–Crippen LogP) is 3.89. The Bertz CT molecular complexity index is 718. The van der Waals surface area contributed by atoms with Crippen LogP contribution >= 0.6 is 34.5 Å². The molecule has 0 spiro atoms. The van der Waals surface area contributed by atoms with Crippen LogP contribution in [0.2, 0.25) is 10.0 Å². The first kappa shape index (κ1) is 17.7. The highest BCUT2D eigenvalue weighted by Gasteiger charge is 2.27. The molecule has 22 heavy (non-hydrogen) atoms. The Balaban J connectivity index is 2.37. The van der Waals surface area contributed by atoms with Crippen molar-refractivity contribution < 1.29 is 13.2 Å². The molecule has 0 aliphatic heterocycles. The van der Waals surface area contributed by atoms with Crippen LogP contribution in [0.3, 0.4) is 0 Å². The Morgan fingerprint density at radius 2 is 2.05 bits per heavy atom. The fourth-order valence-corrected chi connectivity index (χ4v) is 4.69. The van der Waals surface area contributed by atoms with Crippen LogP contribution in [0.5, 0.6) is 0 Å². The summed E-state index contributed by atoms with van der Waals surface area (Å²) in [5, 5.41) is 4.29.